The van der Waals surface area contributed by atoms with Crippen molar-refractivity contribution in [3.05, 3.63) is 47.4 Å². The molecule has 16 heavy (non-hydrogen) atoms. The topological polar surface area (TPSA) is 43.8 Å². The van der Waals surface area contributed by atoms with E-state index in [9.17, 15) is 4.39 Å². The molecule has 0 saturated carbocycles. The number of hydrogen-bond donors (Lipinski definition) is 1. The third-order valence-corrected chi connectivity index (χ3v) is 3.18. The largest absolute Gasteiger partial charge is 0.384 e. The van der Waals surface area contributed by atoms with Crippen molar-refractivity contribution < 1.29 is 4.39 Å². The van der Waals surface area contributed by atoms with E-state index in [4.69, 9.17) is 5.73 Å². The summed E-state index contributed by atoms with van der Waals surface area (Å²) >= 11 is 0. The van der Waals surface area contributed by atoms with Gasteiger partial charge in [0.25, 0.3) is 0 Å². The number of nitrogens with zero attached hydrogens (tertiary/aromatic N) is 2. The fraction of sp³-hybridized carbons (Fsp3) is 0.250. The number of nitrogen functional groups attached to an aromatic ring is 1. The predicted molar refractivity (Wildman–Crippen MR) is 59.5 cm³/mol. The van der Waals surface area contributed by atoms with Crippen molar-refractivity contribution in [2.24, 2.45) is 0 Å². The molecule has 2 N–H and O–H groups in total. The molecule has 1 heterocycles. The van der Waals surface area contributed by atoms with Gasteiger partial charge in [-0.2, -0.15) is 5.10 Å². The molecule has 3 nitrogen and oxygen atoms in total. The molecule has 1 aliphatic carbocycles. The molecule has 0 radical (unpaired) electrons. The highest BCUT2D eigenvalue weighted by atomic mass is 19.1. The molecule has 2 aromatic rings. The van der Waals surface area contributed by atoms with Crippen molar-refractivity contribution in [1.82, 2.24) is 9.78 Å². The van der Waals surface area contributed by atoms with Gasteiger partial charge in [0.1, 0.15) is 11.6 Å². The smallest absolute Gasteiger partial charge is 0.126 e. The van der Waals surface area contributed by atoms with Crippen molar-refractivity contribution in [2.75, 3.05) is 5.73 Å². The zero-order chi connectivity index (χ0) is 11.1. The minimum atomic E-state index is -0.120. The second-order valence-corrected chi connectivity index (χ2v) is 4.06. The minimum absolute atomic E-state index is 0.0840. The molecule has 82 valence electrons. The highest BCUT2D eigenvalue weighted by Gasteiger charge is 2.27. The number of fused-ring (bicyclic) bond motifs is 1. The maximum Gasteiger partial charge on any atom is 0.126 e. The Hall–Kier alpha value is -1.84. The highest BCUT2D eigenvalue weighted by molar-refractivity contribution is 5.39. The Labute approximate surface area is 92.7 Å². The molecule has 1 aromatic carbocycles. The van der Waals surface area contributed by atoms with E-state index in [0.717, 1.165) is 24.0 Å². The number of benzene rings is 1. The van der Waals surface area contributed by atoms with Gasteiger partial charge in [0.15, 0.2) is 0 Å². The maximum atomic E-state index is 13.5. The van der Waals surface area contributed by atoms with Gasteiger partial charge in [-0.3, -0.25) is 0 Å². The summed E-state index contributed by atoms with van der Waals surface area (Å²) in [6, 6.07) is 7.05. The van der Waals surface area contributed by atoms with Crippen molar-refractivity contribution in [3.63, 3.8) is 0 Å². The molecule has 0 bridgehead atoms. The molecule has 1 aromatic heterocycles. The molecule has 1 aliphatic rings. The molecule has 1 atom stereocenters. The first kappa shape index (κ1) is 9.39. The fourth-order valence-electron chi connectivity index (χ4n) is 2.43. The Bertz CT molecular complexity index is 533. The van der Waals surface area contributed by atoms with Crippen LogP contribution in [0.3, 0.4) is 0 Å². The summed E-state index contributed by atoms with van der Waals surface area (Å²) in [6.07, 6.45) is 3.29. The Morgan fingerprint density at radius 3 is 3.00 bits per heavy atom. The molecule has 0 amide bonds. The number of rotatable bonds is 1. The zero-order valence-electron chi connectivity index (χ0n) is 8.73. The van der Waals surface area contributed by atoms with E-state index in [0.29, 0.717) is 5.82 Å². The lowest BCUT2D eigenvalue weighted by Crippen LogP contribution is -2.11. The Balaban J connectivity index is 2.10. The van der Waals surface area contributed by atoms with E-state index in [1.165, 1.54) is 6.07 Å². The summed E-state index contributed by atoms with van der Waals surface area (Å²) in [5.41, 5.74) is 7.64. The molecule has 0 spiro atoms. The number of aromatic nitrogens is 2. The standard InChI is InChI=1S/C12H12FN3/c13-10-3-1-2-9-8(10)4-5-11(9)16-12(14)6-7-15-16/h1-3,6-7,11H,4-5,14H2. The van der Waals surface area contributed by atoms with Crippen LogP contribution in [0.25, 0.3) is 0 Å². The predicted octanol–water partition coefficient (Wildman–Crippen LogP) is 2.14. The molecule has 0 aliphatic heterocycles. The van der Waals surface area contributed by atoms with Gasteiger partial charge in [0.2, 0.25) is 0 Å². The first-order valence-electron chi connectivity index (χ1n) is 5.33. The van der Waals surface area contributed by atoms with E-state index in [2.05, 4.69) is 5.10 Å². The van der Waals surface area contributed by atoms with Crippen molar-refractivity contribution in [2.45, 2.75) is 18.9 Å². The van der Waals surface area contributed by atoms with Crippen LogP contribution in [0.4, 0.5) is 10.2 Å². The van der Waals surface area contributed by atoms with Crippen LogP contribution < -0.4 is 5.73 Å². The van der Waals surface area contributed by atoms with Crippen LogP contribution >= 0.6 is 0 Å². The summed E-state index contributed by atoms with van der Waals surface area (Å²) in [6.45, 7) is 0. The first-order valence-corrected chi connectivity index (χ1v) is 5.33. The van der Waals surface area contributed by atoms with Gasteiger partial charge in [-0.05, 0) is 36.1 Å². The second-order valence-electron chi connectivity index (χ2n) is 4.06. The van der Waals surface area contributed by atoms with Crippen LogP contribution in [0.15, 0.2) is 30.5 Å². The number of halogens is 1. The molecule has 4 heteroatoms. The van der Waals surface area contributed by atoms with Gasteiger partial charge in [0, 0.05) is 0 Å². The average Bonchev–Trinajstić information content (AvgIpc) is 2.84. The van der Waals surface area contributed by atoms with E-state index >= 15 is 0 Å². The normalized spacial score (nSPS) is 18.7. The summed E-state index contributed by atoms with van der Waals surface area (Å²) in [7, 11) is 0. The van der Waals surface area contributed by atoms with Crippen LogP contribution in [0, 0.1) is 5.82 Å². The van der Waals surface area contributed by atoms with Gasteiger partial charge in [-0.15, -0.1) is 0 Å². The van der Waals surface area contributed by atoms with Crippen molar-refractivity contribution in [1.29, 1.82) is 0 Å². The zero-order valence-corrected chi connectivity index (χ0v) is 8.73. The molecule has 0 saturated heterocycles. The van der Waals surface area contributed by atoms with Gasteiger partial charge in [0.05, 0.1) is 12.2 Å². The van der Waals surface area contributed by atoms with E-state index < -0.39 is 0 Å². The first-order chi connectivity index (χ1) is 7.77. The Morgan fingerprint density at radius 2 is 2.25 bits per heavy atom. The molecule has 0 fully saturated rings. The van der Waals surface area contributed by atoms with Crippen LogP contribution in [0.2, 0.25) is 0 Å². The van der Waals surface area contributed by atoms with Crippen molar-refractivity contribution >= 4 is 5.82 Å². The van der Waals surface area contributed by atoms with E-state index in [-0.39, 0.29) is 11.9 Å². The summed E-state index contributed by atoms with van der Waals surface area (Å²) in [5.74, 6) is 0.507. The lowest BCUT2D eigenvalue weighted by atomic mass is 10.1. The van der Waals surface area contributed by atoms with Crippen LogP contribution in [0.5, 0.6) is 0 Å². The summed E-state index contributed by atoms with van der Waals surface area (Å²) in [5, 5.41) is 4.20. The van der Waals surface area contributed by atoms with Crippen LogP contribution in [-0.4, -0.2) is 9.78 Å². The van der Waals surface area contributed by atoms with E-state index in [1.54, 1.807) is 23.0 Å². The van der Waals surface area contributed by atoms with Gasteiger partial charge < -0.3 is 5.73 Å². The second kappa shape index (κ2) is 3.33. The molecule has 3 rings (SSSR count). The lowest BCUT2D eigenvalue weighted by molar-refractivity contribution is 0.528. The third-order valence-electron chi connectivity index (χ3n) is 3.18. The quantitative estimate of drug-likeness (QED) is 0.795. The summed E-state index contributed by atoms with van der Waals surface area (Å²) < 4.78 is 15.3. The Morgan fingerprint density at radius 1 is 1.38 bits per heavy atom. The third kappa shape index (κ3) is 1.23. The van der Waals surface area contributed by atoms with E-state index in [1.807, 2.05) is 6.07 Å². The lowest BCUT2D eigenvalue weighted by Gasteiger charge is -2.13. The number of hydrogen-bond acceptors (Lipinski definition) is 2. The summed E-state index contributed by atoms with van der Waals surface area (Å²) in [4.78, 5) is 0. The molecule has 1 unspecified atom stereocenters. The Kier molecular flexibility index (Phi) is 1.96. The number of nitrogens with two attached hydrogens (primary N) is 1. The maximum absolute atomic E-state index is 13.5. The van der Waals surface area contributed by atoms with Crippen LogP contribution in [0.1, 0.15) is 23.6 Å². The molecular formula is C12H12FN3. The van der Waals surface area contributed by atoms with Gasteiger partial charge in [-0.25, -0.2) is 9.07 Å². The average molecular weight is 217 g/mol. The molecular weight excluding hydrogens is 205 g/mol. The van der Waals surface area contributed by atoms with Gasteiger partial charge in [-0.1, -0.05) is 12.1 Å². The minimum Gasteiger partial charge on any atom is -0.384 e. The van der Waals surface area contributed by atoms with Crippen molar-refractivity contribution in [3.8, 4) is 0 Å². The monoisotopic (exact) mass is 217 g/mol. The highest BCUT2D eigenvalue weighted by Crippen LogP contribution is 2.36. The number of anilines is 1. The van der Waals surface area contributed by atoms with Gasteiger partial charge >= 0.3 is 0 Å². The fourth-order valence-corrected chi connectivity index (χ4v) is 2.43. The SMILES string of the molecule is Nc1ccnn1C1CCc2c(F)cccc21. The van der Waals surface area contributed by atoms with Crippen LogP contribution in [-0.2, 0) is 6.42 Å².